The first kappa shape index (κ1) is 25.7. The van der Waals surface area contributed by atoms with Crippen molar-refractivity contribution in [1.82, 2.24) is 15.0 Å². The highest BCUT2D eigenvalue weighted by atomic mass is 19.4. The molecule has 0 unspecified atom stereocenters. The molecule has 0 spiro atoms. The number of alkyl halides is 3. The van der Waals surface area contributed by atoms with Gasteiger partial charge in [0.1, 0.15) is 11.5 Å². The zero-order valence-electron chi connectivity index (χ0n) is 20.0. The summed E-state index contributed by atoms with van der Waals surface area (Å²) in [6.07, 6.45) is -3.87. The Balaban J connectivity index is 1.72. The maximum absolute atomic E-state index is 13.1. The second-order valence-corrected chi connectivity index (χ2v) is 8.08. The lowest BCUT2D eigenvalue weighted by Crippen LogP contribution is -2.10. The zero-order chi connectivity index (χ0) is 26.7. The van der Waals surface area contributed by atoms with Crippen LogP contribution < -0.4 is 14.2 Å². The van der Waals surface area contributed by atoms with Gasteiger partial charge in [-0.25, -0.2) is 9.78 Å². The van der Waals surface area contributed by atoms with Crippen molar-refractivity contribution in [3.05, 3.63) is 53.1 Å². The minimum absolute atomic E-state index is 0.0135. The lowest BCUT2D eigenvalue weighted by atomic mass is 10.1. The minimum Gasteiger partial charge on any atom is -0.481 e. The topological polar surface area (TPSA) is 117 Å². The monoisotopic (exact) mass is 517 g/mol. The normalized spacial score (nSPS) is 11.5. The van der Waals surface area contributed by atoms with Crippen molar-refractivity contribution in [3.63, 3.8) is 0 Å². The molecule has 4 rings (SSSR count). The first-order valence-electron chi connectivity index (χ1n) is 11.2. The van der Waals surface area contributed by atoms with Crippen molar-refractivity contribution in [2.24, 2.45) is 0 Å². The van der Waals surface area contributed by atoms with Crippen LogP contribution in [0.2, 0.25) is 0 Å². The quantitative estimate of drug-likeness (QED) is 0.287. The number of oxazole rings is 1. The van der Waals surface area contributed by atoms with Crippen molar-refractivity contribution in [2.45, 2.75) is 33.4 Å². The van der Waals surface area contributed by atoms with Gasteiger partial charge in [-0.1, -0.05) is 13.0 Å². The Morgan fingerprint density at radius 1 is 1.05 bits per heavy atom. The highest BCUT2D eigenvalue weighted by Gasteiger charge is 2.31. The Labute approximate surface area is 208 Å². The van der Waals surface area contributed by atoms with Crippen molar-refractivity contribution in [2.75, 3.05) is 13.2 Å². The summed E-state index contributed by atoms with van der Waals surface area (Å²) in [5.74, 6) is -0.538. The summed E-state index contributed by atoms with van der Waals surface area (Å²) >= 11 is 0. The molecule has 12 heteroatoms. The number of ether oxygens (including phenoxy) is 3. The van der Waals surface area contributed by atoms with Gasteiger partial charge < -0.3 is 23.7 Å². The van der Waals surface area contributed by atoms with Gasteiger partial charge in [0, 0.05) is 5.56 Å². The number of fused-ring (bicyclic) bond motifs is 1. The lowest BCUT2D eigenvalue weighted by Gasteiger charge is -2.11. The van der Waals surface area contributed by atoms with Gasteiger partial charge in [-0.15, -0.1) is 0 Å². The van der Waals surface area contributed by atoms with E-state index in [0.717, 1.165) is 12.1 Å². The van der Waals surface area contributed by atoms with Crippen molar-refractivity contribution < 1.29 is 41.7 Å². The number of aryl methyl sites for hydroxylation is 2. The first-order chi connectivity index (χ1) is 17.5. The van der Waals surface area contributed by atoms with Gasteiger partial charge in [-0.3, -0.25) is 0 Å². The van der Waals surface area contributed by atoms with E-state index in [2.05, 4.69) is 15.0 Å². The molecule has 0 aliphatic heterocycles. The van der Waals surface area contributed by atoms with Crippen molar-refractivity contribution in [1.29, 1.82) is 0 Å². The summed E-state index contributed by atoms with van der Waals surface area (Å²) in [6, 6.07) is 7.49. The SMILES string of the molecule is CCCOc1nc(Oc2cccc(C(F)(F)F)c2)nc2oc(-c3cc(C)c(OCC(=O)O)c(C)c3)nc12. The number of carboxylic acid groups (broad SMARTS) is 1. The molecule has 0 atom stereocenters. The van der Waals surface area contributed by atoms with Crippen LogP contribution in [0.15, 0.2) is 40.8 Å². The van der Waals surface area contributed by atoms with Gasteiger partial charge in [0.05, 0.1) is 12.2 Å². The molecular formula is C25H22F3N3O6. The summed E-state index contributed by atoms with van der Waals surface area (Å²) in [4.78, 5) is 23.7. The highest BCUT2D eigenvalue weighted by Crippen LogP contribution is 2.35. The average molecular weight is 517 g/mol. The van der Waals surface area contributed by atoms with E-state index in [9.17, 15) is 18.0 Å². The average Bonchev–Trinajstić information content (AvgIpc) is 3.26. The fraction of sp³-hybridized carbons (Fsp3) is 0.280. The molecule has 4 aromatic rings. The largest absolute Gasteiger partial charge is 0.481 e. The van der Waals surface area contributed by atoms with Crippen LogP contribution in [-0.4, -0.2) is 39.2 Å². The number of hydrogen-bond donors (Lipinski definition) is 1. The molecule has 0 fully saturated rings. The molecule has 1 N–H and O–H groups in total. The van der Waals surface area contributed by atoms with Crippen LogP contribution in [-0.2, 0) is 11.0 Å². The maximum atomic E-state index is 13.1. The van der Waals surface area contributed by atoms with E-state index < -0.39 is 24.3 Å². The van der Waals surface area contributed by atoms with Crippen LogP contribution in [0.25, 0.3) is 22.7 Å². The number of halogens is 3. The number of nitrogens with zero attached hydrogens (tertiary/aromatic N) is 3. The Morgan fingerprint density at radius 3 is 2.43 bits per heavy atom. The van der Waals surface area contributed by atoms with E-state index in [1.165, 1.54) is 12.1 Å². The summed E-state index contributed by atoms with van der Waals surface area (Å²) in [5.41, 5.74) is 1.25. The first-order valence-corrected chi connectivity index (χ1v) is 11.2. The van der Waals surface area contributed by atoms with Crippen LogP contribution in [0, 0.1) is 13.8 Å². The second-order valence-electron chi connectivity index (χ2n) is 8.08. The number of benzene rings is 2. The number of rotatable bonds is 9. The van der Waals surface area contributed by atoms with Gasteiger partial charge in [0.2, 0.25) is 5.89 Å². The molecule has 2 heterocycles. The van der Waals surface area contributed by atoms with Gasteiger partial charge >= 0.3 is 18.2 Å². The van der Waals surface area contributed by atoms with E-state index in [4.69, 9.17) is 23.7 Å². The number of carboxylic acids is 1. The molecule has 2 aromatic carbocycles. The number of aliphatic carboxylic acids is 1. The van der Waals surface area contributed by atoms with E-state index in [0.29, 0.717) is 35.5 Å². The second kappa shape index (κ2) is 10.3. The van der Waals surface area contributed by atoms with Gasteiger partial charge in [-0.2, -0.15) is 23.1 Å². The number of aromatic nitrogens is 3. The molecule has 194 valence electrons. The van der Waals surface area contributed by atoms with Gasteiger partial charge in [0.25, 0.3) is 11.6 Å². The van der Waals surface area contributed by atoms with Crippen molar-refractivity contribution >= 4 is 17.2 Å². The van der Waals surface area contributed by atoms with Crippen LogP contribution in [0.5, 0.6) is 23.4 Å². The standard InChI is InChI=1S/C25H22F3N3O6/c1-4-8-34-22-19-23(31-24(30-22)36-17-7-5-6-16(11-17)25(26,27)28)37-21(29-19)15-9-13(2)20(14(3)10-15)35-12-18(32)33/h5-7,9-11H,4,8,12H2,1-3H3,(H,32,33). The molecule has 0 aliphatic carbocycles. The van der Waals surface area contributed by atoms with E-state index in [-0.39, 0.29) is 34.8 Å². The van der Waals surface area contributed by atoms with Crippen LogP contribution >= 0.6 is 0 Å². The third kappa shape index (κ3) is 5.90. The molecule has 2 aromatic heterocycles. The number of carbonyl (C=O) groups is 1. The molecule has 0 amide bonds. The Morgan fingerprint density at radius 2 is 1.78 bits per heavy atom. The lowest BCUT2D eigenvalue weighted by molar-refractivity contribution is -0.139. The fourth-order valence-corrected chi connectivity index (χ4v) is 3.52. The minimum atomic E-state index is -4.54. The summed E-state index contributed by atoms with van der Waals surface area (Å²) < 4.78 is 61.6. The Bertz CT molecular complexity index is 1430. The van der Waals surface area contributed by atoms with Crippen LogP contribution in [0.4, 0.5) is 13.2 Å². The molecule has 0 radical (unpaired) electrons. The van der Waals surface area contributed by atoms with E-state index in [1.54, 1.807) is 26.0 Å². The molecule has 0 saturated heterocycles. The summed E-state index contributed by atoms with van der Waals surface area (Å²) in [5, 5.41) is 8.89. The zero-order valence-corrected chi connectivity index (χ0v) is 20.0. The van der Waals surface area contributed by atoms with Crippen LogP contribution in [0.1, 0.15) is 30.0 Å². The molecule has 0 aliphatic rings. The third-order valence-electron chi connectivity index (χ3n) is 5.07. The predicted molar refractivity (Wildman–Crippen MR) is 125 cm³/mol. The van der Waals surface area contributed by atoms with Gasteiger partial charge in [-0.05, 0) is 61.7 Å². The Kier molecular flexibility index (Phi) is 7.18. The van der Waals surface area contributed by atoms with Crippen molar-refractivity contribution in [3.8, 4) is 34.8 Å². The molecule has 0 bridgehead atoms. The smallest absolute Gasteiger partial charge is 0.416 e. The maximum Gasteiger partial charge on any atom is 0.416 e. The summed E-state index contributed by atoms with van der Waals surface area (Å²) in [7, 11) is 0. The molecular weight excluding hydrogens is 495 g/mol. The molecule has 37 heavy (non-hydrogen) atoms. The van der Waals surface area contributed by atoms with E-state index >= 15 is 0 Å². The Hall–Kier alpha value is -4.35. The van der Waals surface area contributed by atoms with Crippen LogP contribution in [0.3, 0.4) is 0 Å². The fourth-order valence-electron chi connectivity index (χ4n) is 3.52. The summed E-state index contributed by atoms with van der Waals surface area (Å²) in [6.45, 7) is 5.23. The molecule has 9 nitrogen and oxygen atoms in total. The van der Waals surface area contributed by atoms with Gasteiger partial charge in [0.15, 0.2) is 12.1 Å². The highest BCUT2D eigenvalue weighted by molar-refractivity contribution is 5.78. The predicted octanol–water partition coefficient (Wildman–Crippen LogP) is 5.96. The number of hydrogen-bond acceptors (Lipinski definition) is 8. The van der Waals surface area contributed by atoms with E-state index in [1.807, 2.05) is 6.92 Å². The molecule has 0 saturated carbocycles. The third-order valence-corrected chi connectivity index (χ3v) is 5.07.